The molecular formula is C20H36O16. The van der Waals surface area contributed by atoms with Crippen molar-refractivity contribution in [1.29, 1.82) is 0 Å². The van der Waals surface area contributed by atoms with Crippen molar-refractivity contribution in [3.05, 3.63) is 0 Å². The Morgan fingerprint density at radius 3 is 1.25 bits per heavy atom. The fourth-order valence-electron chi connectivity index (χ4n) is 3.83. The van der Waals surface area contributed by atoms with Crippen molar-refractivity contribution in [2.75, 3.05) is 13.2 Å². The molecule has 0 saturated carbocycles. The van der Waals surface area contributed by atoms with Gasteiger partial charge in [0.15, 0.2) is 0 Å². The predicted octanol–water partition coefficient (Wildman–Crippen LogP) is -5.48. The lowest BCUT2D eigenvalue weighted by atomic mass is 9.85. The molecule has 2 fully saturated rings. The van der Waals surface area contributed by atoms with Gasteiger partial charge in [0.2, 0.25) is 0 Å². The number of carboxylic acid groups (broad SMARTS) is 2. The summed E-state index contributed by atoms with van der Waals surface area (Å²) in [5.74, 6) is -10.0. The van der Waals surface area contributed by atoms with Gasteiger partial charge in [-0.25, -0.2) is 9.59 Å². The monoisotopic (exact) mass is 532 g/mol. The van der Waals surface area contributed by atoms with Gasteiger partial charge in [-0.3, -0.25) is 0 Å². The van der Waals surface area contributed by atoms with E-state index in [1.54, 1.807) is 0 Å². The molecule has 212 valence electrons. The number of carboxylic acids is 2. The highest BCUT2D eigenvalue weighted by atomic mass is 16.7. The van der Waals surface area contributed by atoms with Gasteiger partial charge in [-0.2, -0.15) is 0 Å². The van der Waals surface area contributed by atoms with Crippen LogP contribution in [0.5, 0.6) is 0 Å². The van der Waals surface area contributed by atoms with E-state index in [-0.39, 0.29) is 0 Å². The Hall–Kier alpha value is -1.54. The van der Waals surface area contributed by atoms with Crippen molar-refractivity contribution >= 4 is 11.9 Å². The van der Waals surface area contributed by atoms with E-state index in [9.17, 15) is 50.4 Å². The number of rotatable bonds is 8. The molecule has 2 heterocycles. The van der Waals surface area contributed by atoms with E-state index in [1.165, 1.54) is 13.8 Å². The van der Waals surface area contributed by atoms with Gasteiger partial charge in [-0.1, -0.05) is 13.8 Å². The summed E-state index contributed by atoms with van der Waals surface area (Å²) in [5.41, 5.74) is 0. The van der Waals surface area contributed by atoms with Gasteiger partial charge in [0.1, 0.15) is 24.4 Å². The summed E-state index contributed by atoms with van der Waals surface area (Å²) < 4.78 is 9.76. The second-order valence-corrected chi connectivity index (χ2v) is 9.09. The number of hydrogen-bond acceptors (Lipinski definition) is 14. The van der Waals surface area contributed by atoms with Gasteiger partial charge < -0.3 is 70.8 Å². The Kier molecular flexibility index (Phi) is 11.6. The molecule has 36 heavy (non-hydrogen) atoms. The van der Waals surface area contributed by atoms with E-state index in [0.717, 1.165) is 0 Å². The number of aliphatic hydroxyl groups is 10. The van der Waals surface area contributed by atoms with Crippen molar-refractivity contribution in [3.63, 3.8) is 0 Å². The lowest BCUT2D eigenvalue weighted by Gasteiger charge is -2.43. The molecule has 2 aliphatic heterocycles. The maximum Gasteiger partial charge on any atom is 0.364 e. The van der Waals surface area contributed by atoms with Gasteiger partial charge in [-0.05, 0) is 0 Å². The summed E-state index contributed by atoms with van der Waals surface area (Å²) in [6.45, 7) is 1.44. The molecule has 0 aromatic carbocycles. The summed E-state index contributed by atoms with van der Waals surface area (Å²) in [5, 5.41) is 112. The molecule has 0 radical (unpaired) electrons. The molecule has 0 aliphatic carbocycles. The van der Waals surface area contributed by atoms with Gasteiger partial charge in [0, 0.05) is 24.7 Å². The first-order valence-corrected chi connectivity index (χ1v) is 11.0. The van der Waals surface area contributed by atoms with Crippen LogP contribution in [-0.4, -0.2) is 147 Å². The molecule has 0 spiro atoms. The van der Waals surface area contributed by atoms with Crippen LogP contribution in [0.2, 0.25) is 0 Å². The first kappa shape index (κ1) is 32.5. The zero-order valence-corrected chi connectivity index (χ0v) is 19.6. The van der Waals surface area contributed by atoms with E-state index in [0.29, 0.717) is 0 Å². The quantitative estimate of drug-likeness (QED) is 0.139. The molecule has 2 saturated heterocycles. The van der Waals surface area contributed by atoms with E-state index in [4.69, 9.17) is 29.9 Å². The van der Waals surface area contributed by atoms with E-state index in [2.05, 4.69) is 0 Å². The van der Waals surface area contributed by atoms with Crippen LogP contribution in [0.1, 0.15) is 26.7 Å². The standard InChI is InChI=1S/2C10H18O8/c2*1-4-5(12)2-10(17,9(15)16)18-8(4)7(14)6(13)3-11/h2*4-8,11-14,17H,2-3H2,1H3,(H,15,16). The highest BCUT2D eigenvalue weighted by Crippen LogP contribution is 2.35. The van der Waals surface area contributed by atoms with Gasteiger partial charge >= 0.3 is 11.9 Å². The van der Waals surface area contributed by atoms with Crippen LogP contribution in [0, 0.1) is 11.8 Å². The van der Waals surface area contributed by atoms with Gasteiger partial charge in [-0.15, -0.1) is 0 Å². The fourth-order valence-corrected chi connectivity index (χ4v) is 3.83. The third-order valence-corrected chi connectivity index (χ3v) is 6.39. The highest BCUT2D eigenvalue weighted by Gasteiger charge is 2.53. The van der Waals surface area contributed by atoms with Crippen LogP contribution in [-0.2, 0) is 19.1 Å². The fraction of sp³-hybridized carbons (Fsp3) is 0.900. The van der Waals surface area contributed by atoms with Crippen LogP contribution in [0.4, 0.5) is 0 Å². The summed E-state index contributed by atoms with van der Waals surface area (Å²) >= 11 is 0. The SMILES string of the molecule is CC1C(O)CC(O)(C(=O)O)OC1C(O)C(O)CO.CC1C(O)CC(O)(C(=O)O)OC1C(O)C(O)CO. The predicted molar refractivity (Wildman–Crippen MR) is 113 cm³/mol. The number of aliphatic carboxylic acids is 2. The molecule has 12 atom stereocenters. The Morgan fingerprint density at radius 1 is 0.750 bits per heavy atom. The lowest BCUT2D eigenvalue weighted by Crippen LogP contribution is -2.60. The summed E-state index contributed by atoms with van der Waals surface area (Å²) in [7, 11) is 0. The van der Waals surface area contributed by atoms with Crippen LogP contribution >= 0.6 is 0 Å². The molecule has 2 aliphatic rings. The third-order valence-electron chi connectivity index (χ3n) is 6.39. The third kappa shape index (κ3) is 7.27. The van der Waals surface area contributed by atoms with Gasteiger partial charge in [0.25, 0.3) is 11.6 Å². The molecular weight excluding hydrogens is 496 g/mol. The topological polar surface area (TPSA) is 295 Å². The smallest absolute Gasteiger partial charge is 0.364 e. The number of carbonyl (C=O) groups is 2. The average Bonchev–Trinajstić information content (AvgIpc) is 2.81. The molecule has 0 amide bonds. The summed E-state index contributed by atoms with van der Waals surface area (Å²) in [6.07, 6.45) is -12.5. The molecule has 0 aromatic heterocycles. The van der Waals surface area contributed by atoms with E-state index < -0.39 is 110 Å². The Morgan fingerprint density at radius 2 is 1.03 bits per heavy atom. The Bertz CT molecular complexity index is 677. The van der Waals surface area contributed by atoms with Crippen molar-refractivity contribution in [2.45, 2.75) is 87.1 Å². The summed E-state index contributed by atoms with van der Waals surface area (Å²) in [4.78, 5) is 21.7. The molecule has 12 N–H and O–H groups in total. The zero-order chi connectivity index (χ0) is 28.2. The number of aliphatic hydroxyl groups excluding tert-OH is 8. The first-order valence-electron chi connectivity index (χ1n) is 11.0. The molecule has 2 rings (SSSR count). The Labute approximate surface area is 205 Å². The Balaban J connectivity index is 0.000000360. The minimum atomic E-state index is -2.62. The summed E-state index contributed by atoms with van der Waals surface area (Å²) in [6, 6.07) is 0. The largest absolute Gasteiger partial charge is 0.477 e. The molecule has 0 aromatic rings. The van der Waals surface area contributed by atoms with Crippen LogP contribution in [0.15, 0.2) is 0 Å². The second-order valence-electron chi connectivity index (χ2n) is 9.09. The zero-order valence-electron chi connectivity index (χ0n) is 19.6. The van der Waals surface area contributed by atoms with Crippen LogP contribution < -0.4 is 0 Å². The normalized spacial score (nSPS) is 40.2. The van der Waals surface area contributed by atoms with Crippen LogP contribution in [0.25, 0.3) is 0 Å². The molecule has 12 unspecified atom stereocenters. The maximum absolute atomic E-state index is 10.9. The first-order chi connectivity index (χ1) is 16.5. The number of hydrogen-bond donors (Lipinski definition) is 12. The lowest BCUT2D eigenvalue weighted by molar-refractivity contribution is -0.302. The molecule has 16 nitrogen and oxygen atoms in total. The average molecular weight is 532 g/mol. The highest BCUT2D eigenvalue weighted by molar-refractivity contribution is 5.76. The van der Waals surface area contributed by atoms with E-state index >= 15 is 0 Å². The van der Waals surface area contributed by atoms with Crippen molar-refractivity contribution in [2.24, 2.45) is 11.8 Å². The second kappa shape index (κ2) is 12.8. The molecule has 16 heteroatoms. The minimum Gasteiger partial charge on any atom is -0.477 e. The van der Waals surface area contributed by atoms with E-state index in [1.807, 2.05) is 0 Å². The number of ether oxygens (including phenoxy) is 2. The van der Waals surface area contributed by atoms with Crippen molar-refractivity contribution in [3.8, 4) is 0 Å². The minimum absolute atomic E-state index is 0.540. The molecule has 0 bridgehead atoms. The van der Waals surface area contributed by atoms with Crippen molar-refractivity contribution < 1.29 is 80.3 Å². The van der Waals surface area contributed by atoms with Crippen molar-refractivity contribution in [1.82, 2.24) is 0 Å². The van der Waals surface area contributed by atoms with Crippen LogP contribution in [0.3, 0.4) is 0 Å². The maximum atomic E-state index is 10.9. The van der Waals surface area contributed by atoms with Gasteiger partial charge in [0.05, 0.1) is 37.6 Å².